The Hall–Kier alpha value is -2.83. The molecule has 1 fully saturated rings. The van der Waals surface area contributed by atoms with Gasteiger partial charge < -0.3 is 10.2 Å². The van der Waals surface area contributed by atoms with Gasteiger partial charge in [-0.2, -0.15) is 0 Å². The van der Waals surface area contributed by atoms with Gasteiger partial charge in [-0.25, -0.2) is 19.9 Å². The minimum atomic E-state index is -0.0322. The number of rotatable bonds is 4. The number of aromatic nitrogens is 4. The van der Waals surface area contributed by atoms with Gasteiger partial charge in [0.2, 0.25) is 11.9 Å². The van der Waals surface area contributed by atoms with Crippen LogP contribution < -0.4 is 5.32 Å². The van der Waals surface area contributed by atoms with Crippen molar-refractivity contribution in [2.24, 2.45) is 0 Å². The van der Waals surface area contributed by atoms with E-state index in [0.717, 1.165) is 30.0 Å². The molecule has 1 N–H and O–H groups in total. The summed E-state index contributed by atoms with van der Waals surface area (Å²) >= 11 is 0. The number of nitrogens with one attached hydrogen (secondary N) is 1. The molecule has 0 aromatic carbocycles. The zero-order valence-corrected chi connectivity index (χ0v) is 14.8. The number of carbonyl (C=O) groups excluding carboxylic acids is 1. The molecule has 25 heavy (non-hydrogen) atoms. The van der Waals surface area contributed by atoms with Crippen molar-refractivity contribution in [3.63, 3.8) is 0 Å². The summed E-state index contributed by atoms with van der Waals surface area (Å²) in [5.41, 5.74) is 2.73. The molecule has 2 aromatic heterocycles. The molecular weight excluding hydrogens is 316 g/mol. The first-order chi connectivity index (χ1) is 11.9. The minimum Gasteiger partial charge on any atom is -0.338 e. The van der Waals surface area contributed by atoms with E-state index in [1.165, 1.54) is 6.08 Å². The van der Waals surface area contributed by atoms with Gasteiger partial charge in [0, 0.05) is 36.5 Å². The topological polar surface area (TPSA) is 83.9 Å². The van der Waals surface area contributed by atoms with Gasteiger partial charge in [-0.05, 0) is 39.3 Å². The highest BCUT2D eigenvalue weighted by molar-refractivity contribution is 5.87. The first-order valence-corrected chi connectivity index (χ1v) is 8.31. The maximum absolute atomic E-state index is 11.8. The summed E-state index contributed by atoms with van der Waals surface area (Å²) in [4.78, 5) is 31.3. The minimum absolute atomic E-state index is 0.0322. The van der Waals surface area contributed by atoms with Gasteiger partial charge in [0.15, 0.2) is 0 Å². The normalized spacial score (nSPS) is 16.8. The zero-order chi connectivity index (χ0) is 18.0. The highest BCUT2D eigenvalue weighted by Gasteiger charge is 2.27. The molecule has 0 bridgehead atoms. The van der Waals surface area contributed by atoms with E-state index >= 15 is 0 Å². The van der Waals surface area contributed by atoms with Crippen molar-refractivity contribution >= 4 is 17.7 Å². The van der Waals surface area contributed by atoms with Crippen LogP contribution in [0, 0.1) is 20.8 Å². The van der Waals surface area contributed by atoms with Gasteiger partial charge in [0.05, 0.1) is 5.69 Å². The van der Waals surface area contributed by atoms with Crippen molar-refractivity contribution in [1.82, 2.24) is 24.8 Å². The van der Waals surface area contributed by atoms with Crippen LogP contribution in [0.2, 0.25) is 0 Å². The van der Waals surface area contributed by atoms with Gasteiger partial charge >= 0.3 is 0 Å². The summed E-state index contributed by atoms with van der Waals surface area (Å²) in [7, 11) is 0. The van der Waals surface area contributed by atoms with Gasteiger partial charge in [0.25, 0.3) is 0 Å². The van der Waals surface area contributed by atoms with E-state index in [-0.39, 0.29) is 11.8 Å². The van der Waals surface area contributed by atoms with Crippen LogP contribution in [-0.2, 0) is 4.79 Å². The number of hydrogen-bond donors (Lipinski definition) is 1. The van der Waals surface area contributed by atoms with E-state index in [1.54, 1.807) is 4.90 Å². The Bertz CT molecular complexity index is 799. The second kappa shape index (κ2) is 6.96. The monoisotopic (exact) mass is 338 g/mol. The number of nitrogens with zero attached hydrogens (tertiary/aromatic N) is 5. The number of likely N-dealkylation sites (tertiary alicyclic amines) is 1. The molecule has 130 valence electrons. The summed E-state index contributed by atoms with van der Waals surface area (Å²) in [5.74, 6) is 2.04. The van der Waals surface area contributed by atoms with Crippen LogP contribution in [0.3, 0.4) is 0 Å². The highest BCUT2D eigenvalue weighted by Crippen LogP contribution is 2.27. The van der Waals surface area contributed by atoms with Crippen molar-refractivity contribution < 1.29 is 4.79 Å². The van der Waals surface area contributed by atoms with Crippen molar-refractivity contribution in [2.75, 3.05) is 18.4 Å². The Kier molecular flexibility index (Phi) is 4.74. The Morgan fingerprint density at radius 1 is 1.20 bits per heavy atom. The molecule has 0 aliphatic carbocycles. The largest absolute Gasteiger partial charge is 0.338 e. The lowest BCUT2D eigenvalue weighted by Crippen LogP contribution is -2.26. The molecule has 1 amide bonds. The van der Waals surface area contributed by atoms with Crippen LogP contribution in [0.1, 0.15) is 35.2 Å². The number of carbonyl (C=O) groups is 1. The smallest absolute Gasteiger partial charge is 0.245 e. The van der Waals surface area contributed by atoms with Crippen LogP contribution in [0.15, 0.2) is 24.8 Å². The summed E-state index contributed by atoms with van der Waals surface area (Å²) in [6.45, 7) is 10.7. The first-order valence-electron chi connectivity index (χ1n) is 8.31. The van der Waals surface area contributed by atoms with Gasteiger partial charge in [-0.1, -0.05) is 6.58 Å². The number of hydrogen-bond acceptors (Lipinski definition) is 6. The Balaban J connectivity index is 1.81. The Labute approximate surface area is 147 Å². The van der Waals surface area contributed by atoms with Crippen molar-refractivity contribution in [1.29, 1.82) is 0 Å². The first kappa shape index (κ1) is 17.0. The Morgan fingerprint density at radius 3 is 2.60 bits per heavy atom. The van der Waals surface area contributed by atoms with Crippen LogP contribution in [0.25, 0.3) is 0 Å². The van der Waals surface area contributed by atoms with Crippen molar-refractivity contribution in [2.45, 2.75) is 33.1 Å². The number of anilines is 2. The SMILES string of the molecule is C=CC(=O)N1CC[C@@H](c2cc(Nc3nc(C)cc(C)n3)nc(C)n2)C1. The average Bonchev–Trinajstić information content (AvgIpc) is 3.02. The third-order valence-electron chi connectivity index (χ3n) is 4.17. The molecule has 0 radical (unpaired) electrons. The summed E-state index contributed by atoms with van der Waals surface area (Å²) < 4.78 is 0. The number of amides is 1. The molecule has 0 unspecified atom stereocenters. The predicted octanol–water partition coefficient (Wildman–Crippen LogP) is 2.44. The molecule has 7 heteroatoms. The fourth-order valence-electron chi connectivity index (χ4n) is 3.09. The predicted molar refractivity (Wildman–Crippen MR) is 95.7 cm³/mol. The second-order valence-corrected chi connectivity index (χ2v) is 6.30. The highest BCUT2D eigenvalue weighted by atomic mass is 16.2. The van der Waals surface area contributed by atoms with Crippen molar-refractivity contribution in [3.05, 3.63) is 47.7 Å². The average molecular weight is 338 g/mol. The standard InChI is InChI=1S/C18H22N6O/c1-5-17(25)24-7-6-14(10-24)15-9-16(22-13(4)21-15)23-18-19-11(2)8-12(3)20-18/h5,8-9,14H,1,6-7,10H2,2-4H3,(H,19,20,21,22,23)/t14-/m1/s1. The van der Waals surface area contributed by atoms with E-state index in [9.17, 15) is 4.79 Å². The van der Waals surface area contributed by atoms with E-state index < -0.39 is 0 Å². The summed E-state index contributed by atoms with van der Waals surface area (Å²) in [6.07, 6.45) is 2.24. The molecular formula is C18H22N6O. The Morgan fingerprint density at radius 2 is 1.92 bits per heavy atom. The molecule has 0 saturated carbocycles. The van der Waals surface area contributed by atoms with Gasteiger partial charge in [0.1, 0.15) is 11.6 Å². The van der Waals surface area contributed by atoms with E-state index in [0.29, 0.717) is 24.1 Å². The molecule has 1 saturated heterocycles. The summed E-state index contributed by atoms with van der Waals surface area (Å²) in [6, 6.07) is 3.84. The van der Waals surface area contributed by atoms with E-state index in [4.69, 9.17) is 0 Å². The fraction of sp³-hybridized carbons (Fsp3) is 0.389. The quantitative estimate of drug-likeness (QED) is 0.862. The van der Waals surface area contributed by atoms with E-state index in [2.05, 4.69) is 31.8 Å². The maximum Gasteiger partial charge on any atom is 0.245 e. The molecule has 0 spiro atoms. The zero-order valence-electron chi connectivity index (χ0n) is 14.8. The fourth-order valence-corrected chi connectivity index (χ4v) is 3.09. The van der Waals surface area contributed by atoms with Crippen LogP contribution >= 0.6 is 0 Å². The van der Waals surface area contributed by atoms with Crippen LogP contribution in [0.5, 0.6) is 0 Å². The van der Waals surface area contributed by atoms with Gasteiger partial charge in [-0.3, -0.25) is 4.79 Å². The van der Waals surface area contributed by atoms with Crippen molar-refractivity contribution in [3.8, 4) is 0 Å². The molecule has 7 nitrogen and oxygen atoms in total. The van der Waals surface area contributed by atoms with Crippen LogP contribution in [0.4, 0.5) is 11.8 Å². The second-order valence-electron chi connectivity index (χ2n) is 6.30. The van der Waals surface area contributed by atoms with Crippen LogP contribution in [-0.4, -0.2) is 43.8 Å². The summed E-state index contributed by atoms with van der Waals surface area (Å²) in [5, 5.41) is 3.17. The lowest BCUT2D eigenvalue weighted by Gasteiger charge is -2.15. The third-order valence-corrected chi connectivity index (χ3v) is 4.17. The molecule has 3 heterocycles. The maximum atomic E-state index is 11.8. The lowest BCUT2D eigenvalue weighted by atomic mass is 10.0. The number of aryl methyl sites for hydroxylation is 3. The molecule has 1 aliphatic rings. The van der Waals surface area contributed by atoms with E-state index in [1.807, 2.05) is 32.9 Å². The molecule has 1 atom stereocenters. The van der Waals surface area contributed by atoms with Gasteiger partial charge in [-0.15, -0.1) is 0 Å². The third kappa shape index (κ3) is 3.99. The molecule has 1 aliphatic heterocycles. The lowest BCUT2D eigenvalue weighted by molar-refractivity contribution is -0.125. The molecule has 2 aromatic rings. The molecule has 3 rings (SSSR count).